The molecule has 3 rings (SSSR count). The van der Waals surface area contributed by atoms with Gasteiger partial charge in [0.25, 0.3) is 5.91 Å². The molecule has 0 radical (unpaired) electrons. The third-order valence-electron chi connectivity index (χ3n) is 5.72. The van der Waals surface area contributed by atoms with E-state index in [-0.39, 0.29) is 23.4 Å². The Kier molecular flexibility index (Phi) is 7.24. The molecule has 0 saturated carbocycles. The molecule has 0 unspecified atom stereocenters. The molecule has 1 amide bonds. The number of nitrogens with zero attached hydrogens (tertiary/aromatic N) is 2. The Morgan fingerprint density at radius 1 is 1.14 bits per heavy atom. The second kappa shape index (κ2) is 9.49. The van der Waals surface area contributed by atoms with Crippen LogP contribution in [0.1, 0.15) is 38.7 Å². The summed E-state index contributed by atoms with van der Waals surface area (Å²) in [6.45, 7) is 6.97. The molecule has 0 aromatic heterocycles. The lowest BCUT2D eigenvalue weighted by Gasteiger charge is -2.41. The van der Waals surface area contributed by atoms with Crippen molar-refractivity contribution in [3.8, 4) is 0 Å². The number of aryl methyl sites for hydroxylation is 1. The highest BCUT2D eigenvalue weighted by molar-refractivity contribution is 7.89. The normalized spacial score (nSPS) is 19.5. The molecule has 6 nitrogen and oxygen atoms in total. The van der Waals surface area contributed by atoms with Gasteiger partial charge in [-0.1, -0.05) is 29.8 Å². The maximum Gasteiger partial charge on any atom is 0.270 e. The zero-order valence-corrected chi connectivity index (χ0v) is 18.7. The number of amides is 1. The average molecular weight is 440 g/mol. The first-order chi connectivity index (χ1) is 13.7. The number of rotatable bonds is 7. The van der Waals surface area contributed by atoms with Gasteiger partial charge in [0.05, 0.1) is 5.75 Å². The molecule has 1 saturated heterocycles. The van der Waals surface area contributed by atoms with Gasteiger partial charge in [0.15, 0.2) is 0 Å². The Morgan fingerprint density at radius 3 is 2.41 bits per heavy atom. The molecule has 0 aliphatic carbocycles. The molecule has 2 heterocycles. The maximum atomic E-state index is 12.9. The van der Waals surface area contributed by atoms with Crippen molar-refractivity contribution in [2.45, 2.75) is 51.6 Å². The second-order valence-corrected chi connectivity index (χ2v) is 10.3. The number of halogens is 1. The van der Waals surface area contributed by atoms with Crippen molar-refractivity contribution >= 4 is 27.5 Å². The highest BCUT2D eigenvalue weighted by Gasteiger charge is 2.32. The molecule has 2 aliphatic heterocycles. The average Bonchev–Trinajstić information content (AvgIpc) is 2.69. The molecule has 29 heavy (non-hydrogen) atoms. The number of hydrogen-bond donors (Lipinski definition) is 1. The highest BCUT2D eigenvalue weighted by atomic mass is 35.5. The van der Waals surface area contributed by atoms with Crippen LogP contribution in [0.5, 0.6) is 0 Å². The van der Waals surface area contributed by atoms with Crippen LogP contribution >= 0.6 is 11.6 Å². The second-order valence-electron chi connectivity index (χ2n) is 8.06. The fourth-order valence-corrected chi connectivity index (χ4v) is 5.20. The number of sulfonamides is 1. The van der Waals surface area contributed by atoms with Gasteiger partial charge in [-0.15, -0.1) is 0 Å². The number of carbonyl (C=O) groups excluding carboxylic acids is 1. The van der Waals surface area contributed by atoms with Crippen molar-refractivity contribution in [1.82, 2.24) is 14.5 Å². The van der Waals surface area contributed by atoms with E-state index >= 15 is 0 Å². The van der Waals surface area contributed by atoms with Crippen LogP contribution in [0.15, 0.2) is 36.0 Å². The summed E-state index contributed by atoms with van der Waals surface area (Å²) in [5.74, 6) is -0.277. The van der Waals surface area contributed by atoms with E-state index in [2.05, 4.69) is 23.5 Å². The minimum Gasteiger partial charge on any atom is -0.334 e. The van der Waals surface area contributed by atoms with E-state index in [9.17, 15) is 13.2 Å². The van der Waals surface area contributed by atoms with Crippen molar-refractivity contribution in [3.63, 3.8) is 0 Å². The van der Waals surface area contributed by atoms with Gasteiger partial charge in [-0.05, 0) is 57.2 Å². The van der Waals surface area contributed by atoms with Gasteiger partial charge in [-0.3, -0.25) is 9.52 Å². The largest absolute Gasteiger partial charge is 0.334 e. The number of nitrogens with one attached hydrogen (secondary N) is 1. The van der Waals surface area contributed by atoms with Crippen LogP contribution in [0.3, 0.4) is 0 Å². The maximum absolute atomic E-state index is 12.9. The zero-order chi connectivity index (χ0) is 21.0. The van der Waals surface area contributed by atoms with Crippen LogP contribution in [0, 0.1) is 0 Å². The third kappa shape index (κ3) is 5.96. The van der Waals surface area contributed by atoms with Crippen molar-refractivity contribution in [1.29, 1.82) is 0 Å². The Hall–Kier alpha value is -1.57. The summed E-state index contributed by atoms with van der Waals surface area (Å²) in [4.78, 5) is 17.2. The van der Waals surface area contributed by atoms with Gasteiger partial charge in [0.2, 0.25) is 10.0 Å². The van der Waals surface area contributed by atoms with E-state index in [0.717, 1.165) is 31.5 Å². The Balaban J connectivity index is 1.57. The van der Waals surface area contributed by atoms with Crippen LogP contribution in [-0.4, -0.2) is 61.6 Å². The molecule has 1 aromatic carbocycles. The molecule has 160 valence electrons. The van der Waals surface area contributed by atoms with E-state index < -0.39 is 10.0 Å². The fourth-order valence-electron chi connectivity index (χ4n) is 3.96. The lowest BCUT2D eigenvalue weighted by Crippen LogP contribution is -2.52. The molecule has 1 fully saturated rings. The first-order valence-corrected chi connectivity index (χ1v) is 12.3. The predicted molar refractivity (Wildman–Crippen MR) is 116 cm³/mol. The number of carbonyl (C=O) groups is 1. The summed E-state index contributed by atoms with van der Waals surface area (Å²) in [6, 6.07) is 7.80. The first-order valence-electron chi connectivity index (χ1n) is 10.3. The molecular formula is C21H30ClN3O3S. The van der Waals surface area contributed by atoms with E-state index in [4.69, 9.17) is 11.6 Å². The molecule has 0 bridgehead atoms. The highest BCUT2D eigenvalue weighted by Crippen LogP contribution is 2.22. The molecule has 0 atom stereocenters. The van der Waals surface area contributed by atoms with Gasteiger partial charge < -0.3 is 9.80 Å². The summed E-state index contributed by atoms with van der Waals surface area (Å²) in [6.07, 6.45) is 4.61. The number of benzene rings is 1. The van der Waals surface area contributed by atoms with Gasteiger partial charge >= 0.3 is 0 Å². The summed E-state index contributed by atoms with van der Waals surface area (Å²) in [7, 11) is -3.60. The smallest absolute Gasteiger partial charge is 0.270 e. The van der Waals surface area contributed by atoms with Crippen LogP contribution in [0.4, 0.5) is 0 Å². The predicted octanol–water partition coefficient (Wildman–Crippen LogP) is 2.79. The summed E-state index contributed by atoms with van der Waals surface area (Å²) >= 11 is 5.86. The topological polar surface area (TPSA) is 69.7 Å². The van der Waals surface area contributed by atoms with E-state index in [1.165, 1.54) is 0 Å². The Bertz CT molecular complexity index is 844. The van der Waals surface area contributed by atoms with Crippen molar-refractivity contribution in [2.24, 2.45) is 0 Å². The van der Waals surface area contributed by atoms with Gasteiger partial charge in [-0.2, -0.15) is 0 Å². The van der Waals surface area contributed by atoms with Crippen LogP contribution in [0.2, 0.25) is 5.02 Å². The van der Waals surface area contributed by atoms with Gasteiger partial charge in [0.1, 0.15) is 5.70 Å². The van der Waals surface area contributed by atoms with Crippen LogP contribution in [-0.2, 0) is 21.2 Å². The summed E-state index contributed by atoms with van der Waals surface area (Å²) < 4.78 is 27.6. The van der Waals surface area contributed by atoms with E-state index in [1.807, 2.05) is 17.0 Å². The van der Waals surface area contributed by atoms with Gasteiger partial charge in [0, 0.05) is 36.7 Å². The lowest BCUT2D eigenvalue weighted by atomic mass is 10.00. The van der Waals surface area contributed by atoms with Crippen molar-refractivity contribution < 1.29 is 13.2 Å². The van der Waals surface area contributed by atoms with Crippen LogP contribution < -0.4 is 4.72 Å². The van der Waals surface area contributed by atoms with Crippen LogP contribution in [0.25, 0.3) is 0 Å². The Morgan fingerprint density at radius 2 is 1.79 bits per heavy atom. The molecule has 1 N–H and O–H groups in total. The SMILES string of the molecule is CC(C)N1CCC(N2CCC=C(NS(=O)(=O)CCc3ccc(Cl)cc3)C2=O)CC1. The molecule has 8 heteroatoms. The minimum absolute atomic E-state index is 0.0774. The number of hydrogen-bond acceptors (Lipinski definition) is 4. The van der Waals surface area contributed by atoms with Crippen molar-refractivity contribution in [2.75, 3.05) is 25.4 Å². The van der Waals surface area contributed by atoms with Gasteiger partial charge in [-0.25, -0.2) is 8.42 Å². The van der Waals surface area contributed by atoms with E-state index in [1.54, 1.807) is 18.2 Å². The third-order valence-corrected chi connectivity index (χ3v) is 7.24. The first kappa shape index (κ1) is 22.1. The fraction of sp³-hybridized carbons (Fsp3) is 0.571. The van der Waals surface area contributed by atoms with Crippen molar-refractivity contribution in [3.05, 3.63) is 46.6 Å². The lowest BCUT2D eigenvalue weighted by molar-refractivity contribution is -0.131. The number of likely N-dealkylation sites (tertiary alicyclic amines) is 1. The zero-order valence-electron chi connectivity index (χ0n) is 17.1. The molecular weight excluding hydrogens is 410 g/mol. The molecule has 0 spiro atoms. The quantitative estimate of drug-likeness (QED) is 0.709. The number of piperidine rings is 1. The molecule has 2 aliphatic rings. The standard InChI is InChI=1S/C21H30ClN3O3S/c1-16(2)24-13-9-19(10-14-24)25-12-3-4-20(21(25)26)23-29(27,28)15-11-17-5-7-18(22)8-6-17/h4-8,16,19,23H,3,9-15H2,1-2H3. The minimum atomic E-state index is -3.60. The Labute approximate surface area is 178 Å². The summed E-state index contributed by atoms with van der Waals surface area (Å²) in [5, 5.41) is 0.618. The van der Waals surface area contributed by atoms with E-state index in [0.29, 0.717) is 30.5 Å². The molecule has 1 aromatic rings. The summed E-state index contributed by atoms with van der Waals surface area (Å²) in [5.41, 5.74) is 1.08. The monoisotopic (exact) mass is 439 g/mol.